The Balaban J connectivity index is 3.66. The van der Waals surface area contributed by atoms with Crippen molar-refractivity contribution < 1.29 is 0 Å². The maximum Gasteiger partial charge on any atom is 0.0973 e. The zero-order chi connectivity index (χ0) is 9.23. The highest BCUT2D eigenvalue weighted by molar-refractivity contribution is 5.23. The molecule has 0 aliphatic heterocycles. The Hall–Kier alpha value is -1.48. The number of allylic oxidation sites excluding steroid dienone is 1. The number of hydrogen-bond donors (Lipinski definition) is 1. The topological polar surface area (TPSA) is 59.6 Å². The standard InChI is InChI=1S/C9H13N3/c1-2-3-6-12-8-9(7-11)4-5-10/h8,12H,2-4,6H2,1H3/b9-8+. The highest BCUT2D eigenvalue weighted by atomic mass is 14.8. The lowest BCUT2D eigenvalue weighted by atomic mass is 10.2. The molecule has 0 amide bonds. The predicted molar refractivity (Wildman–Crippen MR) is 46.8 cm³/mol. The van der Waals surface area contributed by atoms with E-state index >= 15 is 0 Å². The molecule has 0 bridgehead atoms. The van der Waals surface area contributed by atoms with Gasteiger partial charge in [-0.1, -0.05) is 13.3 Å². The molecule has 0 aliphatic rings. The van der Waals surface area contributed by atoms with Crippen LogP contribution in [0.3, 0.4) is 0 Å². The summed E-state index contributed by atoms with van der Waals surface area (Å²) in [6.07, 6.45) is 4.03. The van der Waals surface area contributed by atoms with Crippen molar-refractivity contribution in [2.24, 2.45) is 0 Å². The van der Waals surface area contributed by atoms with Crippen molar-refractivity contribution >= 4 is 0 Å². The van der Waals surface area contributed by atoms with Crippen LogP contribution in [0.1, 0.15) is 26.2 Å². The van der Waals surface area contributed by atoms with Gasteiger partial charge in [-0.2, -0.15) is 10.5 Å². The largest absolute Gasteiger partial charge is 0.390 e. The summed E-state index contributed by atoms with van der Waals surface area (Å²) in [5, 5.41) is 19.8. The van der Waals surface area contributed by atoms with Crippen molar-refractivity contribution in [1.29, 1.82) is 10.5 Å². The van der Waals surface area contributed by atoms with Crippen molar-refractivity contribution in [3.63, 3.8) is 0 Å². The Bertz CT molecular complexity index is 217. The third-order valence-electron chi connectivity index (χ3n) is 1.36. The van der Waals surface area contributed by atoms with Crippen LogP contribution in [-0.2, 0) is 0 Å². The molecule has 0 spiro atoms. The first-order valence-electron chi connectivity index (χ1n) is 4.04. The monoisotopic (exact) mass is 163 g/mol. The van der Waals surface area contributed by atoms with Crippen molar-refractivity contribution in [3.05, 3.63) is 11.8 Å². The van der Waals surface area contributed by atoms with Gasteiger partial charge in [-0.3, -0.25) is 0 Å². The first-order chi connectivity index (χ1) is 5.85. The molecule has 0 saturated carbocycles. The van der Waals surface area contributed by atoms with E-state index in [1.165, 1.54) is 0 Å². The van der Waals surface area contributed by atoms with E-state index in [1.807, 2.05) is 12.1 Å². The Kier molecular flexibility index (Phi) is 6.68. The Morgan fingerprint density at radius 3 is 2.75 bits per heavy atom. The molecular formula is C9H13N3. The van der Waals surface area contributed by atoms with Crippen molar-refractivity contribution in [2.75, 3.05) is 6.54 Å². The molecule has 0 atom stereocenters. The van der Waals surface area contributed by atoms with Crippen molar-refractivity contribution in [3.8, 4) is 12.1 Å². The molecule has 3 heteroatoms. The minimum atomic E-state index is 0.190. The lowest BCUT2D eigenvalue weighted by molar-refractivity contribution is 0.732. The second-order valence-electron chi connectivity index (χ2n) is 2.42. The SMILES string of the molecule is CCCCN/C=C(/C#N)CC#N. The molecule has 0 fully saturated rings. The second-order valence-corrected chi connectivity index (χ2v) is 2.42. The highest BCUT2D eigenvalue weighted by Gasteiger charge is 1.91. The predicted octanol–water partition coefficient (Wildman–Crippen LogP) is 1.70. The van der Waals surface area contributed by atoms with Crippen LogP contribution in [0, 0.1) is 22.7 Å². The van der Waals surface area contributed by atoms with Crippen LogP contribution in [0.4, 0.5) is 0 Å². The smallest absolute Gasteiger partial charge is 0.0973 e. The van der Waals surface area contributed by atoms with Crippen LogP contribution >= 0.6 is 0 Å². The summed E-state index contributed by atoms with van der Waals surface area (Å²) in [5.74, 6) is 0. The average Bonchev–Trinajstić information content (AvgIpc) is 2.10. The van der Waals surface area contributed by atoms with E-state index in [0.717, 1.165) is 19.4 Å². The summed E-state index contributed by atoms with van der Waals surface area (Å²) in [7, 11) is 0. The van der Waals surface area contributed by atoms with Crippen LogP contribution < -0.4 is 5.32 Å². The van der Waals surface area contributed by atoms with Gasteiger partial charge in [0.15, 0.2) is 0 Å². The summed E-state index contributed by atoms with van der Waals surface area (Å²) in [4.78, 5) is 0. The fraction of sp³-hybridized carbons (Fsp3) is 0.556. The zero-order valence-corrected chi connectivity index (χ0v) is 7.30. The molecule has 3 nitrogen and oxygen atoms in total. The van der Waals surface area contributed by atoms with Crippen LogP contribution in [0.2, 0.25) is 0 Å². The van der Waals surface area contributed by atoms with E-state index < -0.39 is 0 Å². The summed E-state index contributed by atoms with van der Waals surface area (Å²) in [5.41, 5.74) is 0.494. The Labute approximate surface area is 73.3 Å². The van der Waals surface area contributed by atoms with Gasteiger partial charge in [0.25, 0.3) is 0 Å². The van der Waals surface area contributed by atoms with Gasteiger partial charge < -0.3 is 5.32 Å². The van der Waals surface area contributed by atoms with Gasteiger partial charge in [0.2, 0.25) is 0 Å². The summed E-state index contributed by atoms with van der Waals surface area (Å²) < 4.78 is 0. The third-order valence-corrected chi connectivity index (χ3v) is 1.36. The van der Waals surface area contributed by atoms with E-state index in [2.05, 4.69) is 12.2 Å². The lowest BCUT2D eigenvalue weighted by Gasteiger charge is -1.97. The van der Waals surface area contributed by atoms with Gasteiger partial charge in [0.1, 0.15) is 0 Å². The number of nitriles is 2. The molecule has 12 heavy (non-hydrogen) atoms. The highest BCUT2D eigenvalue weighted by Crippen LogP contribution is 1.95. The first kappa shape index (κ1) is 10.5. The Morgan fingerprint density at radius 1 is 1.50 bits per heavy atom. The van der Waals surface area contributed by atoms with E-state index in [4.69, 9.17) is 10.5 Å². The number of nitrogens with one attached hydrogen (secondary N) is 1. The van der Waals surface area contributed by atoms with Crippen LogP contribution in [0.15, 0.2) is 11.8 Å². The van der Waals surface area contributed by atoms with E-state index in [9.17, 15) is 0 Å². The molecule has 64 valence electrons. The zero-order valence-electron chi connectivity index (χ0n) is 7.30. The molecule has 0 unspecified atom stereocenters. The molecule has 0 heterocycles. The van der Waals surface area contributed by atoms with Crippen LogP contribution in [-0.4, -0.2) is 6.54 Å². The van der Waals surface area contributed by atoms with Gasteiger partial charge in [0.05, 0.1) is 24.1 Å². The van der Waals surface area contributed by atoms with E-state index in [0.29, 0.717) is 5.57 Å². The maximum absolute atomic E-state index is 8.50. The first-order valence-corrected chi connectivity index (χ1v) is 4.04. The number of nitrogens with zero attached hydrogens (tertiary/aromatic N) is 2. The van der Waals surface area contributed by atoms with Gasteiger partial charge in [-0.05, 0) is 6.42 Å². The number of unbranched alkanes of at least 4 members (excludes halogenated alkanes) is 1. The van der Waals surface area contributed by atoms with E-state index in [-0.39, 0.29) is 6.42 Å². The lowest BCUT2D eigenvalue weighted by Crippen LogP contribution is -2.07. The van der Waals surface area contributed by atoms with E-state index in [1.54, 1.807) is 6.20 Å². The second kappa shape index (κ2) is 7.63. The van der Waals surface area contributed by atoms with Crippen LogP contribution in [0.25, 0.3) is 0 Å². The summed E-state index contributed by atoms with van der Waals surface area (Å²) in [6, 6.07) is 3.88. The van der Waals surface area contributed by atoms with Gasteiger partial charge in [-0.15, -0.1) is 0 Å². The molecule has 0 saturated heterocycles. The fourth-order valence-electron chi connectivity index (χ4n) is 0.682. The molecule has 0 rings (SSSR count). The molecule has 0 radical (unpaired) electrons. The minimum Gasteiger partial charge on any atom is -0.390 e. The fourth-order valence-corrected chi connectivity index (χ4v) is 0.682. The normalized spacial score (nSPS) is 10.1. The van der Waals surface area contributed by atoms with Gasteiger partial charge >= 0.3 is 0 Å². The average molecular weight is 163 g/mol. The van der Waals surface area contributed by atoms with Crippen molar-refractivity contribution in [1.82, 2.24) is 5.32 Å². The third kappa shape index (κ3) is 5.32. The molecule has 0 aromatic rings. The molecular weight excluding hydrogens is 150 g/mol. The molecule has 0 aliphatic carbocycles. The van der Waals surface area contributed by atoms with Gasteiger partial charge in [0, 0.05) is 12.7 Å². The Morgan fingerprint density at radius 2 is 2.25 bits per heavy atom. The minimum absolute atomic E-state index is 0.190. The number of rotatable bonds is 5. The van der Waals surface area contributed by atoms with Gasteiger partial charge in [-0.25, -0.2) is 0 Å². The maximum atomic E-state index is 8.50. The van der Waals surface area contributed by atoms with Crippen LogP contribution in [0.5, 0.6) is 0 Å². The summed E-state index contributed by atoms with van der Waals surface area (Å²) in [6.45, 7) is 2.97. The molecule has 0 aromatic carbocycles. The molecule has 0 aromatic heterocycles. The quantitative estimate of drug-likeness (QED) is 0.495. The summed E-state index contributed by atoms with van der Waals surface area (Å²) >= 11 is 0. The number of hydrogen-bond acceptors (Lipinski definition) is 3. The van der Waals surface area contributed by atoms with Crippen molar-refractivity contribution in [2.45, 2.75) is 26.2 Å². The molecule has 1 N–H and O–H groups in total.